The number of hydrogen-bond acceptors (Lipinski definition) is 5. The first-order chi connectivity index (χ1) is 19.2. The van der Waals surface area contributed by atoms with Crippen LogP contribution in [-0.2, 0) is 20.8 Å². The summed E-state index contributed by atoms with van der Waals surface area (Å²) in [4.78, 5) is 0. The third-order valence-electron chi connectivity index (χ3n) is 7.30. The molecule has 1 unspecified atom stereocenters. The number of halogens is 1. The summed E-state index contributed by atoms with van der Waals surface area (Å²) < 4.78 is 18.3. The lowest BCUT2D eigenvalue weighted by molar-refractivity contribution is -0.0674. The summed E-state index contributed by atoms with van der Waals surface area (Å²) in [6, 6.07) is 8.07. The average Bonchev–Trinajstić information content (AvgIpc) is 2.96. The Hall–Kier alpha value is -0.690. The zero-order valence-electron chi connectivity index (χ0n) is 26.3. The van der Waals surface area contributed by atoms with Crippen molar-refractivity contribution in [2.75, 3.05) is 39.5 Å². The topological polar surface area (TPSA) is 60.0 Å². The van der Waals surface area contributed by atoms with Crippen LogP contribution in [0.15, 0.2) is 24.3 Å². The van der Waals surface area contributed by atoms with Crippen molar-refractivity contribution in [2.45, 2.75) is 142 Å². The molecule has 6 heteroatoms. The van der Waals surface area contributed by atoms with Gasteiger partial charge in [-0.05, 0) is 30.5 Å². The summed E-state index contributed by atoms with van der Waals surface area (Å²) in [5.41, 5.74) is 1.99. The first kappa shape index (κ1) is 39.3. The van der Waals surface area contributed by atoms with E-state index in [9.17, 15) is 5.11 Å². The Labute approximate surface area is 253 Å². The quantitative estimate of drug-likeness (QED) is 0.0919. The highest BCUT2D eigenvalue weighted by Gasteiger charge is 2.12. The maximum atomic E-state index is 10.4. The van der Waals surface area contributed by atoms with E-state index >= 15 is 0 Å². The Balaban J connectivity index is 0.0000152. The number of benzene rings is 1. The molecule has 236 valence electrons. The molecule has 1 rings (SSSR count). The van der Waals surface area contributed by atoms with Crippen LogP contribution in [0.2, 0.25) is 0 Å². The summed E-state index contributed by atoms with van der Waals surface area (Å²) in [5, 5.41) is 13.6. The number of rotatable bonds is 29. The number of ether oxygens (including phenoxy) is 3. The van der Waals surface area contributed by atoms with Crippen molar-refractivity contribution in [3.8, 4) is 0 Å². The van der Waals surface area contributed by atoms with Gasteiger partial charge in [-0.2, -0.15) is 0 Å². The molecule has 0 fully saturated rings. The van der Waals surface area contributed by atoms with E-state index in [2.05, 4.69) is 25.2 Å². The monoisotopic (exact) mass is 585 g/mol. The van der Waals surface area contributed by atoms with Crippen LogP contribution in [-0.4, -0.2) is 50.7 Å². The SMILES string of the molecule is CCCCCCCCCCOCC(COCCCCCCCCCC)OCc1cccc(C(O)CNCC)c1.Cl. The van der Waals surface area contributed by atoms with Gasteiger partial charge in [-0.1, -0.05) is 135 Å². The van der Waals surface area contributed by atoms with Gasteiger partial charge in [0.2, 0.25) is 0 Å². The molecule has 2 N–H and O–H groups in total. The lowest BCUT2D eigenvalue weighted by Crippen LogP contribution is -2.26. The molecule has 0 saturated heterocycles. The van der Waals surface area contributed by atoms with E-state index in [4.69, 9.17) is 14.2 Å². The number of aliphatic hydroxyl groups is 1. The van der Waals surface area contributed by atoms with Crippen molar-refractivity contribution in [3.05, 3.63) is 35.4 Å². The predicted molar refractivity (Wildman–Crippen MR) is 173 cm³/mol. The van der Waals surface area contributed by atoms with E-state index in [1.54, 1.807) is 0 Å². The average molecular weight is 586 g/mol. The second-order valence-electron chi connectivity index (χ2n) is 11.1. The Morgan fingerprint density at radius 3 is 1.70 bits per heavy atom. The van der Waals surface area contributed by atoms with Crippen LogP contribution in [0.4, 0.5) is 0 Å². The van der Waals surface area contributed by atoms with Crippen molar-refractivity contribution in [2.24, 2.45) is 0 Å². The standard InChI is InChI=1S/C34H63NO4.ClH/c1-4-7-9-11-13-15-17-19-24-37-29-33(30-38-25-20-18-16-14-12-10-8-5-2)39-28-31-22-21-23-32(26-31)34(36)27-35-6-3;/h21-23,26,33-36H,4-20,24-25,27-30H2,1-3H3;1H. The highest BCUT2D eigenvalue weighted by molar-refractivity contribution is 5.85. The van der Waals surface area contributed by atoms with Gasteiger partial charge in [0, 0.05) is 19.8 Å². The Bertz CT molecular complexity index is 624. The van der Waals surface area contributed by atoms with Crippen molar-refractivity contribution in [1.29, 1.82) is 0 Å². The van der Waals surface area contributed by atoms with E-state index in [1.807, 2.05) is 25.1 Å². The molecule has 0 saturated carbocycles. The zero-order chi connectivity index (χ0) is 28.2. The minimum Gasteiger partial charge on any atom is -0.387 e. The van der Waals surface area contributed by atoms with Crippen molar-refractivity contribution >= 4 is 12.4 Å². The molecule has 0 aliphatic heterocycles. The van der Waals surface area contributed by atoms with Gasteiger partial charge in [0.1, 0.15) is 6.10 Å². The molecule has 40 heavy (non-hydrogen) atoms. The van der Waals surface area contributed by atoms with Gasteiger partial charge in [0.25, 0.3) is 0 Å². The van der Waals surface area contributed by atoms with E-state index in [1.165, 1.54) is 89.9 Å². The van der Waals surface area contributed by atoms with E-state index in [-0.39, 0.29) is 18.5 Å². The third kappa shape index (κ3) is 22.9. The van der Waals surface area contributed by atoms with E-state index in [0.717, 1.165) is 43.7 Å². The van der Waals surface area contributed by atoms with Crippen LogP contribution in [0.3, 0.4) is 0 Å². The first-order valence-corrected chi connectivity index (χ1v) is 16.5. The number of unbranched alkanes of at least 4 members (excludes halogenated alkanes) is 14. The van der Waals surface area contributed by atoms with E-state index in [0.29, 0.717) is 26.4 Å². The Kier molecular flexibility index (Phi) is 29.3. The minimum absolute atomic E-state index is 0. The summed E-state index contributed by atoms with van der Waals surface area (Å²) in [7, 11) is 0. The molecule has 0 aromatic heterocycles. The van der Waals surface area contributed by atoms with E-state index < -0.39 is 6.10 Å². The zero-order valence-corrected chi connectivity index (χ0v) is 27.1. The number of nitrogens with one attached hydrogen (secondary N) is 1. The van der Waals surface area contributed by atoms with Crippen LogP contribution in [0, 0.1) is 0 Å². The second-order valence-corrected chi connectivity index (χ2v) is 11.1. The Morgan fingerprint density at radius 1 is 0.700 bits per heavy atom. The lowest BCUT2D eigenvalue weighted by Gasteiger charge is -2.19. The predicted octanol–water partition coefficient (Wildman–Crippen LogP) is 8.95. The van der Waals surface area contributed by atoms with Crippen molar-refractivity contribution < 1.29 is 19.3 Å². The van der Waals surface area contributed by atoms with Crippen LogP contribution >= 0.6 is 12.4 Å². The summed E-state index contributed by atoms with van der Waals surface area (Å²) in [5.74, 6) is 0. The molecule has 1 aromatic rings. The number of hydrogen-bond donors (Lipinski definition) is 2. The minimum atomic E-state index is -0.509. The molecule has 1 aromatic carbocycles. The number of likely N-dealkylation sites (N-methyl/N-ethyl adjacent to an activating group) is 1. The van der Waals surface area contributed by atoms with Crippen molar-refractivity contribution in [3.63, 3.8) is 0 Å². The summed E-state index contributed by atoms with van der Waals surface area (Å²) in [6.07, 6.45) is 20.3. The molecule has 5 nitrogen and oxygen atoms in total. The second kappa shape index (κ2) is 29.8. The summed E-state index contributed by atoms with van der Waals surface area (Å²) >= 11 is 0. The maximum Gasteiger partial charge on any atom is 0.105 e. The Morgan fingerprint density at radius 2 is 1.20 bits per heavy atom. The fraction of sp³-hybridized carbons (Fsp3) is 0.824. The molecule has 0 aliphatic carbocycles. The highest BCUT2D eigenvalue weighted by atomic mass is 35.5. The van der Waals surface area contributed by atoms with Gasteiger partial charge in [-0.3, -0.25) is 0 Å². The van der Waals surface area contributed by atoms with Gasteiger partial charge < -0.3 is 24.6 Å². The van der Waals surface area contributed by atoms with Gasteiger partial charge in [-0.15, -0.1) is 12.4 Å². The summed E-state index contributed by atoms with van der Waals surface area (Å²) in [6.45, 7) is 11.2. The molecule has 0 spiro atoms. The fourth-order valence-electron chi connectivity index (χ4n) is 4.75. The van der Waals surface area contributed by atoms with Crippen LogP contribution in [0.1, 0.15) is 141 Å². The van der Waals surface area contributed by atoms with Gasteiger partial charge in [-0.25, -0.2) is 0 Å². The molecule has 1 atom stereocenters. The van der Waals surface area contributed by atoms with Crippen molar-refractivity contribution in [1.82, 2.24) is 5.32 Å². The highest BCUT2D eigenvalue weighted by Crippen LogP contribution is 2.16. The molecular weight excluding hydrogens is 522 g/mol. The molecule has 0 heterocycles. The maximum absolute atomic E-state index is 10.4. The normalized spacial score (nSPS) is 12.1. The fourth-order valence-corrected chi connectivity index (χ4v) is 4.75. The number of aliphatic hydroxyl groups excluding tert-OH is 1. The molecule has 0 amide bonds. The van der Waals surface area contributed by atoms with Crippen LogP contribution < -0.4 is 5.32 Å². The van der Waals surface area contributed by atoms with Crippen LogP contribution in [0.5, 0.6) is 0 Å². The third-order valence-corrected chi connectivity index (χ3v) is 7.30. The van der Waals surface area contributed by atoms with Gasteiger partial charge in [0.05, 0.1) is 25.9 Å². The van der Waals surface area contributed by atoms with Gasteiger partial charge >= 0.3 is 0 Å². The lowest BCUT2D eigenvalue weighted by atomic mass is 10.1. The van der Waals surface area contributed by atoms with Crippen LogP contribution in [0.25, 0.3) is 0 Å². The smallest absolute Gasteiger partial charge is 0.105 e. The van der Waals surface area contributed by atoms with Gasteiger partial charge in [0.15, 0.2) is 0 Å². The molecule has 0 bridgehead atoms. The first-order valence-electron chi connectivity index (χ1n) is 16.5. The molecule has 0 radical (unpaired) electrons. The molecular formula is C34H64ClNO4. The molecule has 0 aliphatic rings. The largest absolute Gasteiger partial charge is 0.387 e.